The zero-order valence-corrected chi connectivity index (χ0v) is 18.5. The summed E-state index contributed by atoms with van der Waals surface area (Å²) in [5, 5.41) is 10.3. The highest BCUT2D eigenvalue weighted by Gasteiger charge is 2.43. The Bertz CT molecular complexity index is 807. The summed E-state index contributed by atoms with van der Waals surface area (Å²) in [7, 11) is 0. The van der Waals surface area contributed by atoms with Gasteiger partial charge in [0.15, 0.2) is 0 Å². The van der Waals surface area contributed by atoms with E-state index in [0.717, 1.165) is 57.2 Å². The van der Waals surface area contributed by atoms with Gasteiger partial charge in [-0.1, -0.05) is 55.8 Å². The molecule has 0 heterocycles. The van der Waals surface area contributed by atoms with Gasteiger partial charge in [-0.25, -0.2) is 4.39 Å². The Morgan fingerprint density at radius 3 is 2.37 bits per heavy atom. The van der Waals surface area contributed by atoms with Crippen molar-refractivity contribution in [3.05, 3.63) is 71.5 Å². The molecule has 2 aromatic rings. The Labute approximate surface area is 181 Å². The lowest BCUT2D eigenvalue weighted by molar-refractivity contribution is 0.158. The summed E-state index contributed by atoms with van der Waals surface area (Å²) >= 11 is 0. The standard InChI is InChI=1S/C27H35FN2/c1-3-19-30(20-17-23-8-5-4-6-9-23)22(2)16-18-27(21-29,24-10-7-11-24)25-12-14-26(28)15-13-25/h4-6,8-9,12-15,22,24H,3,7,10-11,16-20H2,1-2H3. The van der Waals surface area contributed by atoms with E-state index in [1.807, 2.05) is 12.1 Å². The SMILES string of the molecule is CCCN(CCc1ccccc1)C(C)CCC(C#N)(c1ccc(F)cc1)C1CCC1. The molecule has 0 amide bonds. The Balaban J connectivity index is 1.69. The molecule has 0 bridgehead atoms. The van der Waals surface area contributed by atoms with E-state index in [0.29, 0.717) is 12.0 Å². The molecule has 30 heavy (non-hydrogen) atoms. The summed E-state index contributed by atoms with van der Waals surface area (Å²) in [4.78, 5) is 2.57. The number of hydrogen-bond acceptors (Lipinski definition) is 2. The molecular formula is C27H35FN2. The van der Waals surface area contributed by atoms with Crippen molar-refractivity contribution in [3.63, 3.8) is 0 Å². The van der Waals surface area contributed by atoms with Gasteiger partial charge in [-0.3, -0.25) is 0 Å². The van der Waals surface area contributed by atoms with Gasteiger partial charge in [0.1, 0.15) is 5.82 Å². The van der Waals surface area contributed by atoms with Gasteiger partial charge < -0.3 is 4.90 Å². The fraction of sp³-hybridized carbons (Fsp3) is 0.519. The van der Waals surface area contributed by atoms with Gasteiger partial charge in [-0.15, -0.1) is 0 Å². The molecule has 3 heteroatoms. The highest BCUT2D eigenvalue weighted by atomic mass is 19.1. The van der Waals surface area contributed by atoms with Crippen molar-refractivity contribution < 1.29 is 4.39 Å². The molecule has 2 atom stereocenters. The molecule has 1 fully saturated rings. The molecular weight excluding hydrogens is 371 g/mol. The highest BCUT2D eigenvalue weighted by molar-refractivity contribution is 5.35. The first-order valence-corrected chi connectivity index (χ1v) is 11.5. The zero-order valence-electron chi connectivity index (χ0n) is 18.5. The van der Waals surface area contributed by atoms with Crippen LogP contribution in [-0.4, -0.2) is 24.0 Å². The lowest BCUT2D eigenvalue weighted by atomic mass is 9.60. The lowest BCUT2D eigenvalue weighted by Gasteiger charge is -2.42. The fourth-order valence-electron chi connectivity index (χ4n) is 4.82. The molecule has 160 valence electrons. The van der Waals surface area contributed by atoms with Crippen LogP contribution >= 0.6 is 0 Å². The van der Waals surface area contributed by atoms with Crippen molar-refractivity contribution in [2.75, 3.05) is 13.1 Å². The number of rotatable bonds is 11. The average Bonchev–Trinajstić information content (AvgIpc) is 2.74. The van der Waals surface area contributed by atoms with Gasteiger partial charge in [0, 0.05) is 12.6 Å². The first-order chi connectivity index (χ1) is 14.6. The molecule has 1 aliphatic carbocycles. The average molecular weight is 407 g/mol. The fourth-order valence-corrected chi connectivity index (χ4v) is 4.82. The van der Waals surface area contributed by atoms with Crippen molar-refractivity contribution in [3.8, 4) is 6.07 Å². The second kappa shape index (κ2) is 10.7. The number of hydrogen-bond donors (Lipinski definition) is 0. The molecule has 0 saturated heterocycles. The summed E-state index contributed by atoms with van der Waals surface area (Å²) in [5.41, 5.74) is 1.88. The predicted molar refractivity (Wildman–Crippen MR) is 122 cm³/mol. The largest absolute Gasteiger partial charge is 0.300 e. The Morgan fingerprint density at radius 1 is 1.10 bits per heavy atom. The monoisotopic (exact) mass is 406 g/mol. The molecule has 1 saturated carbocycles. The third-order valence-electron chi connectivity index (χ3n) is 6.98. The van der Waals surface area contributed by atoms with Gasteiger partial charge in [-0.05, 0) is 81.2 Å². The van der Waals surface area contributed by atoms with Crippen LogP contribution in [0.2, 0.25) is 0 Å². The Kier molecular flexibility index (Phi) is 8.05. The van der Waals surface area contributed by atoms with Crippen molar-refractivity contribution >= 4 is 0 Å². The predicted octanol–water partition coefficient (Wildman–Crippen LogP) is 6.51. The van der Waals surface area contributed by atoms with E-state index in [1.165, 1.54) is 24.1 Å². The molecule has 0 radical (unpaired) electrons. The van der Waals surface area contributed by atoms with Gasteiger partial charge in [-0.2, -0.15) is 5.26 Å². The van der Waals surface area contributed by atoms with Gasteiger partial charge >= 0.3 is 0 Å². The van der Waals surface area contributed by atoms with Gasteiger partial charge in [0.25, 0.3) is 0 Å². The molecule has 0 aromatic heterocycles. The van der Waals surface area contributed by atoms with Crippen LogP contribution in [0.1, 0.15) is 63.5 Å². The molecule has 3 rings (SSSR count). The number of nitriles is 1. The van der Waals surface area contributed by atoms with Crippen LogP contribution < -0.4 is 0 Å². The normalized spacial score (nSPS) is 17.2. The second-order valence-electron chi connectivity index (χ2n) is 8.88. The summed E-state index contributed by atoms with van der Waals surface area (Å²) in [6.07, 6.45) is 7.41. The minimum Gasteiger partial charge on any atom is -0.300 e. The smallest absolute Gasteiger partial charge is 0.123 e. The van der Waals surface area contributed by atoms with Crippen molar-refractivity contribution in [1.29, 1.82) is 5.26 Å². The number of nitrogens with zero attached hydrogens (tertiary/aromatic N) is 2. The second-order valence-corrected chi connectivity index (χ2v) is 8.88. The maximum absolute atomic E-state index is 13.5. The van der Waals surface area contributed by atoms with E-state index in [4.69, 9.17) is 0 Å². The summed E-state index contributed by atoms with van der Waals surface area (Å²) in [6, 6.07) is 20.5. The van der Waals surface area contributed by atoms with Crippen LogP contribution in [-0.2, 0) is 11.8 Å². The summed E-state index contributed by atoms with van der Waals surface area (Å²) in [6.45, 7) is 6.65. The maximum Gasteiger partial charge on any atom is 0.123 e. The molecule has 0 aliphatic heterocycles. The van der Waals surface area contributed by atoms with Gasteiger partial charge in [0.05, 0.1) is 11.5 Å². The molecule has 1 aliphatic rings. The molecule has 2 nitrogen and oxygen atoms in total. The van der Waals surface area contributed by atoms with Crippen molar-refractivity contribution in [2.45, 2.75) is 70.3 Å². The van der Waals surface area contributed by atoms with E-state index >= 15 is 0 Å². The van der Waals surface area contributed by atoms with E-state index in [1.54, 1.807) is 0 Å². The maximum atomic E-state index is 13.5. The summed E-state index contributed by atoms with van der Waals surface area (Å²) < 4.78 is 13.5. The van der Waals surface area contributed by atoms with Crippen LogP contribution in [0.5, 0.6) is 0 Å². The summed E-state index contributed by atoms with van der Waals surface area (Å²) in [5.74, 6) is 0.159. The van der Waals surface area contributed by atoms with Crippen LogP contribution in [0.4, 0.5) is 4.39 Å². The zero-order chi connectivity index (χ0) is 21.4. The van der Waals surface area contributed by atoms with E-state index < -0.39 is 5.41 Å². The third kappa shape index (κ3) is 5.29. The highest BCUT2D eigenvalue weighted by Crippen LogP contribution is 2.47. The van der Waals surface area contributed by atoms with Crippen molar-refractivity contribution in [2.24, 2.45) is 5.92 Å². The lowest BCUT2D eigenvalue weighted by Crippen LogP contribution is -2.41. The number of halogens is 1. The van der Waals surface area contributed by atoms with E-state index in [-0.39, 0.29) is 5.82 Å². The minimum absolute atomic E-state index is 0.234. The van der Waals surface area contributed by atoms with Crippen LogP contribution in [0.3, 0.4) is 0 Å². The number of benzene rings is 2. The topological polar surface area (TPSA) is 27.0 Å². The third-order valence-corrected chi connectivity index (χ3v) is 6.98. The van der Waals surface area contributed by atoms with Crippen LogP contribution in [0.15, 0.2) is 54.6 Å². The Hall–Kier alpha value is -2.18. The van der Waals surface area contributed by atoms with E-state index in [2.05, 4.69) is 55.1 Å². The van der Waals surface area contributed by atoms with Gasteiger partial charge in [0.2, 0.25) is 0 Å². The van der Waals surface area contributed by atoms with Crippen LogP contribution in [0, 0.1) is 23.1 Å². The first kappa shape index (κ1) is 22.5. The molecule has 0 N–H and O–H groups in total. The first-order valence-electron chi connectivity index (χ1n) is 11.5. The molecule has 2 unspecified atom stereocenters. The quantitative estimate of drug-likeness (QED) is 0.425. The minimum atomic E-state index is -0.489. The van der Waals surface area contributed by atoms with Crippen molar-refractivity contribution in [1.82, 2.24) is 4.90 Å². The molecule has 2 aromatic carbocycles. The van der Waals surface area contributed by atoms with E-state index in [9.17, 15) is 9.65 Å². The van der Waals surface area contributed by atoms with Crippen LogP contribution in [0.25, 0.3) is 0 Å². The molecule has 0 spiro atoms. The Morgan fingerprint density at radius 2 is 1.80 bits per heavy atom.